The number of amides is 1. The summed E-state index contributed by atoms with van der Waals surface area (Å²) in [6.45, 7) is 5.69. The van der Waals surface area contributed by atoms with Crippen LogP contribution in [0.3, 0.4) is 0 Å². The van der Waals surface area contributed by atoms with Gasteiger partial charge in [-0.15, -0.1) is 0 Å². The molecule has 6 rings (SSSR count). The molecular weight excluding hydrogens is 539 g/mol. The number of carbonyl (C=O) groups excluding carboxylic acids is 2. The average molecular weight is 574 g/mol. The van der Waals surface area contributed by atoms with Crippen molar-refractivity contribution in [2.45, 2.75) is 52.6 Å². The minimum Gasteiger partial charge on any atom is -0.348 e. The van der Waals surface area contributed by atoms with Gasteiger partial charge in [-0.2, -0.15) is 18.3 Å². The van der Waals surface area contributed by atoms with Crippen molar-refractivity contribution in [1.82, 2.24) is 15.1 Å². The maximum Gasteiger partial charge on any atom is 0.392 e. The third-order valence-electron chi connectivity index (χ3n) is 9.47. The molecule has 0 spiro atoms. The molecule has 1 saturated carbocycles. The Morgan fingerprint density at radius 3 is 2.38 bits per heavy atom. The van der Waals surface area contributed by atoms with Crippen molar-refractivity contribution in [3.63, 3.8) is 0 Å². The fraction of sp³-hybridized carbons (Fsp3) is 0.382. The number of carbonyl (C=O) groups is 2. The molecule has 1 unspecified atom stereocenters. The van der Waals surface area contributed by atoms with Gasteiger partial charge in [0.2, 0.25) is 5.91 Å². The molecule has 4 atom stereocenters. The van der Waals surface area contributed by atoms with Crippen molar-refractivity contribution >= 4 is 17.8 Å². The second-order valence-electron chi connectivity index (χ2n) is 12.2. The van der Waals surface area contributed by atoms with Crippen LogP contribution in [0.25, 0.3) is 11.8 Å². The molecule has 3 aliphatic carbocycles. The van der Waals surface area contributed by atoms with Gasteiger partial charge in [-0.25, -0.2) is 4.68 Å². The topological polar surface area (TPSA) is 64.0 Å². The van der Waals surface area contributed by atoms with Crippen molar-refractivity contribution in [1.29, 1.82) is 0 Å². The molecule has 0 bridgehead atoms. The standard InChI is InChI=1S/C34H34F3N3O2/c1-20-4-8-22(9-5-20)30(41)19-38-32(42)31-26-13-10-24-16-29-23(18-39-40(29)25-11-6-21(2)7-12-25)17-33(24,3)27(26)14-15-28(31)34(35,36)37/h4-9,11-12,14,16,18,26,28,31H,10,13,15,17,19H2,1-3H3,(H,38,42)/t26?,28-,31-,33+/m1/s1. The van der Waals surface area contributed by atoms with Crippen LogP contribution in [-0.2, 0) is 11.2 Å². The fourth-order valence-corrected chi connectivity index (χ4v) is 7.16. The van der Waals surface area contributed by atoms with E-state index in [1.807, 2.05) is 49.0 Å². The molecule has 3 aromatic rings. The summed E-state index contributed by atoms with van der Waals surface area (Å²) < 4.78 is 44.9. The molecule has 0 aliphatic heterocycles. The summed E-state index contributed by atoms with van der Waals surface area (Å²) in [5, 5.41) is 7.24. The second-order valence-corrected chi connectivity index (χ2v) is 12.2. The molecular formula is C34H34F3N3O2. The van der Waals surface area contributed by atoms with E-state index in [-0.39, 0.29) is 18.7 Å². The first-order valence-corrected chi connectivity index (χ1v) is 14.5. The minimum absolute atomic E-state index is 0.252. The molecule has 1 heterocycles. The molecule has 0 radical (unpaired) electrons. The zero-order valence-corrected chi connectivity index (χ0v) is 24.0. The number of nitrogens with one attached hydrogen (secondary N) is 1. The van der Waals surface area contributed by atoms with E-state index in [9.17, 15) is 22.8 Å². The highest BCUT2D eigenvalue weighted by Crippen LogP contribution is 2.58. The lowest BCUT2D eigenvalue weighted by Crippen LogP contribution is -2.51. The zero-order valence-electron chi connectivity index (χ0n) is 24.0. The largest absolute Gasteiger partial charge is 0.392 e. The quantitative estimate of drug-likeness (QED) is 0.265. The van der Waals surface area contributed by atoms with E-state index in [1.165, 1.54) is 0 Å². The van der Waals surface area contributed by atoms with Crippen LogP contribution in [0.2, 0.25) is 0 Å². The van der Waals surface area contributed by atoms with Crippen LogP contribution in [0, 0.1) is 37.0 Å². The van der Waals surface area contributed by atoms with Crippen LogP contribution in [0.5, 0.6) is 0 Å². The monoisotopic (exact) mass is 573 g/mol. The highest BCUT2D eigenvalue weighted by Gasteiger charge is 2.56. The number of benzene rings is 2. The summed E-state index contributed by atoms with van der Waals surface area (Å²) in [6, 6.07) is 15.0. The third kappa shape index (κ3) is 4.91. The first-order valence-electron chi connectivity index (χ1n) is 14.5. The number of nitrogens with zero attached hydrogens (tertiary/aromatic N) is 2. The number of fused-ring (bicyclic) bond motifs is 4. The highest BCUT2D eigenvalue weighted by molar-refractivity contribution is 5.99. The summed E-state index contributed by atoms with van der Waals surface area (Å²) in [6.07, 6.45) is 2.60. The Kier molecular flexibility index (Phi) is 6.98. The SMILES string of the molecule is Cc1ccc(C(=O)CNC(=O)[C@@H]2C3CCC4=Cc5c(cnn5-c5ccc(C)cc5)C[C@]4(C)C3=CC[C@H]2C(F)(F)F)cc1. The smallest absolute Gasteiger partial charge is 0.348 e. The van der Waals surface area contributed by atoms with Gasteiger partial charge in [-0.3, -0.25) is 9.59 Å². The zero-order chi connectivity index (χ0) is 29.8. The lowest BCUT2D eigenvalue weighted by molar-refractivity contribution is -0.197. The van der Waals surface area contributed by atoms with Gasteiger partial charge < -0.3 is 5.32 Å². The maximum atomic E-state index is 14.3. The Bertz CT molecular complexity index is 1600. The van der Waals surface area contributed by atoms with Crippen molar-refractivity contribution in [2.75, 3.05) is 6.54 Å². The fourth-order valence-electron chi connectivity index (χ4n) is 7.16. The predicted octanol–water partition coefficient (Wildman–Crippen LogP) is 6.97. The molecule has 8 heteroatoms. The van der Waals surface area contributed by atoms with Crippen molar-refractivity contribution in [3.05, 3.63) is 99.9 Å². The van der Waals surface area contributed by atoms with Gasteiger partial charge in [-0.05, 0) is 69.2 Å². The predicted molar refractivity (Wildman–Crippen MR) is 155 cm³/mol. The van der Waals surface area contributed by atoms with Gasteiger partial charge in [0.05, 0.1) is 36.0 Å². The third-order valence-corrected chi connectivity index (χ3v) is 9.47. The number of rotatable bonds is 5. The van der Waals surface area contributed by atoms with E-state index in [2.05, 4.69) is 23.4 Å². The van der Waals surface area contributed by atoms with Crippen LogP contribution in [0.1, 0.15) is 58.9 Å². The Balaban J connectivity index is 1.28. The molecule has 218 valence electrons. The second kappa shape index (κ2) is 10.4. The lowest BCUT2D eigenvalue weighted by atomic mass is 9.54. The van der Waals surface area contributed by atoms with Crippen molar-refractivity contribution in [3.8, 4) is 5.69 Å². The molecule has 3 aliphatic rings. The Hall–Kier alpha value is -3.94. The van der Waals surface area contributed by atoms with Crippen LogP contribution >= 0.6 is 0 Å². The molecule has 1 amide bonds. The average Bonchev–Trinajstić information content (AvgIpc) is 3.36. The van der Waals surface area contributed by atoms with Gasteiger partial charge in [0, 0.05) is 11.0 Å². The van der Waals surface area contributed by atoms with E-state index < -0.39 is 35.3 Å². The number of aryl methyl sites for hydroxylation is 2. The van der Waals surface area contributed by atoms with Gasteiger partial charge in [0.25, 0.3) is 0 Å². The lowest BCUT2D eigenvalue weighted by Gasteiger charge is -2.50. The van der Waals surface area contributed by atoms with E-state index in [1.54, 1.807) is 30.3 Å². The Morgan fingerprint density at radius 1 is 1.05 bits per heavy atom. The molecule has 5 nitrogen and oxygen atoms in total. The summed E-state index contributed by atoms with van der Waals surface area (Å²) in [7, 11) is 0. The number of allylic oxidation sites excluding steroid dienone is 3. The number of alkyl halides is 3. The number of hydrogen-bond donors (Lipinski definition) is 1. The number of halogens is 3. The van der Waals surface area contributed by atoms with Gasteiger partial charge in [-0.1, -0.05) is 71.7 Å². The Morgan fingerprint density at radius 2 is 1.71 bits per heavy atom. The van der Waals surface area contributed by atoms with Crippen molar-refractivity contribution in [2.24, 2.45) is 23.2 Å². The van der Waals surface area contributed by atoms with Gasteiger partial charge in [0.1, 0.15) is 0 Å². The molecule has 1 N–H and O–H groups in total. The Labute approximate surface area is 243 Å². The maximum absolute atomic E-state index is 14.3. The summed E-state index contributed by atoms with van der Waals surface area (Å²) in [5.74, 6) is -4.67. The number of hydrogen-bond acceptors (Lipinski definition) is 3. The molecule has 42 heavy (non-hydrogen) atoms. The number of aromatic nitrogens is 2. The van der Waals surface area contributed by atoms with Crippen LogP contribution in [-0.4, -0.2) is 34.2 Å². The summed E-state index contributed by atoms with van der Waals surface area (Å²) in [4.78, 5) is 26.2. The number of ketones is 1. The number of Topliss-reactive ketones (excluding diaryl/α,β-unsaturated/α-hetero) is 1. The van der Waals surface area contributed by atoms with E-state index in [0.29, 0.717) is 24.8 Å². The van der Waals surface area contributed by atoms with Crippen LogP contribution in [0.15, 0.2) is 72.0 Å². The molecule has 2 aromatic carbocycles. The van der Waals surface area contributed by atoms with E-state index in [4.69, 9.17) is 0 Å². The first kappa shape index (κ1) is 28.2. The normalized spacial score (nSPS) is 25.0. The molecule has 0 saturated heterocycles. The van der Waals surface area contributed by atoms with E-state index in [0.717, 1.165) is 39.2 Å². The molecule has 1 aromatic heterocycles. The van der Waals surface area contributed by atoms with Crippen LogP contribution in [0.4, 0.5) is 13.2 Å². The van der Waals surface area contributed by atoms with Gasteiger partial charge >= 0.3 is 6.18 Å². The first-order chi connectivity index (χ1) is 20.0. The minimum atomic E-state index is -4.53. The van der Waals surface area contributed by atoms with Crippen LogP contribution < -0.4 is 5.32 Å². The molecule has 1 fully saturated rings. The highest BCUT2D eigenvalue weighted by atomic mass is 19.4. The van der Waals surface area contributed by atoms with Gasteiger partial charge in [0.15, 0.2) is 5.78 Å². The summed E-state index contributed by atoms with van der Waals surface area (Å²) >= 11 is 0. The van der Waals surface area contributed by atoms with E-state index >= 15 is 0 Å². The summed E-state index contributed by atoms with van der Waals surface area (Å²) in [5.41, 5.74) is 7.11. The van der Waals surface area contributed by atoms with Crippen molar-refractivity contribution < 1.29 is 22.8 Å².